The summed E-state index contributed by atoms with van der Waals surface area (Å²) in [6.45, 7) is 5.59. The Morgan fingerprint density at radius 1 is 0.949 bits per heavy atom. The lowest BCUT2D eigenvalue weighted by atomic mass is 10.1. The quantitative estimate of drug-likeness (QED) is 0.191. The Morgan fingerprint density at radius 2 is 1.72 bits per heavy atom. The van der Waals surface area contributed by atoms with E-state index in [4.69, 9.17) is 14.6 Å². The topological polar surface area (TPSA) is 108 Å². The molecule has 0 saturated carbocycles. The summed E-state index contributed by atoms with van der Waals surface area (Å²) in [6.07, 6.45) is 0.552. The van der Waals surface area contributed by atoms with E-state index in [1.807, 2.05) is 60.7 Å². The maximum atomic E-state index is 11.0. The zero-order chi connectivity index (χ0) is 27.4. The van der Waals surface area contributed by atoms with Gasteiger partial charge in [0.05, 0.1) is 11.1 Å². The van der Waals surface area contributed by atoms with E-state index >= 15 is 0 Å². The van der Waals surface area contributed by atoms with Crippen LogP contribution in [0.1, 0.15) is 24.2 Å². The van der Waals surface area contributed by atoms with Crippen LogP contribution in [-0.4, -0.2) is 52.0 Å². The summed E-state index contributed by atoms with van der Waals surface area (Å²) < 4.78 is 11.9. The molecule has 5 rings (SSSR count). The Kier molecular flexibility index (Phi) is 7.65. The number of nitrogens with zero attached hydrogens (tertiary/aromatic N) is 2. The average Bonchev–Trinajstić information content (AvgIpc) is 3.31. The molecule has 0 amide bonds. The van der Waals surface area contributed by atoms with Gasteiger partial charge in [-0.15, -0.1) is 0 Å². The Labute approximate surface area is 226 Å². The number of carboxylic acids is 1. The molecule has 200 valence electrons. The van der Waals surface area contributed by atoms with Crippen molar-refractivity contribution in [1.29, 1.82) is 0 Å². The summed E-state index contributed by atoms with van der Waals surface area (Å²) in [4.78, 5) is 20.6. The van der Waals surface area contributed by atoms with Crippen LogP contribution >= 0.6 is 0 Å². The standard InChI is InChI=1S/C31H31N3O5/c1-20(2)17-34(22-11-13-24(14-12-22)39-29-15-10-21(16-32-29)31(36)37)18-23(35)19-38-28-9-5-8-27-30(28)25-6-3-4-7-26(25)33-27/h3-16,20,23,33,35H,17-19H2,1-2H3,(H,36,37). The first-order chi connectivity index (χ1) is 18.9. The summed E-state index contributed by atoms with van der Waals surface area (Å²) in [7, 11) is 0. The summed E-state index contributed by atoms with van der Waals surface area (Å²) in [5.74, 6) is 0.974. The third-order valence-corrected chi connectivity index (χ3v) is 6.35. The first kappa shape index (κ1) is 26.1. The fourth-order valence-electron chi connectivity index (χ4n) is 4.62. The molecule has 2 aromatic heterocycles. The normalized spacial score (nSPS) is 12.1. The number of benzene rings is 3. The van der Waals surface area contributed by atoms with Gasteiger partial charge in [-0.25, -0.2) is 9.78 Å². The van der Waals surface area contributed by atoms with Gasteiger partial charge in [0, 0.05) is 47.3 Å². The summed E-state index contributed by atoms with van der Waals surface area (Å²) >= 11 is 0. The van der Waals surface area contributed by atoms with Crippen LogP contribution < -0.4 is 14.4 Å². The van der Waals surface area contributed by atoms with Crippen LogP contribution in [0.25, 0.3) is 21.8 Å². The van der Waals surface area contributed by atoms with Crippen LogP contribution in [0, 0.1) is 5.92 Å². The molecule has 8 heteroatoms. The number of hydrogen-bond acceptors (Lipinski definition) is 6. The fourth-order valence-corrected chi connectivity index (χ4v) is 4.62. The van der Waals surface area contributed by atoms with Crippen molar-refractivity contribution in [3.8, 4) is 17.4 Å². The molecule has 0 aliphatic heterocycles. The highest BCUT2D eigenvalue weighted by Crippen LogP contribution is 2.33. The molecule has 1 atom stereocenters. The fraction of sp³-hybridized carbons (Fsp3) is 0.226. The predicted octanol–water partition coefficient (Wildman–Crippen LogP) is 6.11. The maximum absolute atomic E-state index is 11.0. The number of carbonyl (C=O) groups is 1. The first-order valence-electron chi connectivity index (χ1n) is 12.9. The Bertz CT molecular complexity index is 1560. The van der Waals surface area contributed by atoms with E-state index in [0.717, 1.165) is 39.8 Å². The second-order valence-electron chi connectivity index (χ2n) is 9.90. The summed E-state index contributed by atoms with van der Waals surface area (Å²) in [5, 5.41) is 22.1. The number of rotatable bonds is 11. The maximum Gasteiger partial charge on any atom is 0.337 e. The van der Waals surface area contributed by atoms with Crippen molar-refractivity contribution < 1.29 is 24.5 Å². The number of aromatic nitrogens is 2. The van der Waals surface area contributed by atoms with E-state index in [0.29, 0.717) is 24.1 Å². The molecule has 5 aromatic rings. The lowest BCUT2D eigenvalue weighted by Crippen LogP contribution is -2.37. The number of aromatic carboxylic acids is 1. The number of para-hydroxylation sites is 1. The second kappa shape index (κ2) is 11.4. The summed E-state index contributed by atoms with van der Waals surface area (Å²) in [6, 6.07) is 24.5. The number of aliphatic hydroxyl groups is 1. The van der Waals surface area contributed by atoms with E-state index in [-0.39, 0.29) is 12.2 Å². The Hall–Kier alpha value is -4.56. The first-order valence-corrected chi connectivity index (χ1v) is 12.9. The van der Waals surface area contributed by atoms with Crippen molar-refractivity contribution in [2.75, 3.05) is 24.6 Å². The molecule has 39 heavy (non-hydrogen) atoms. The van der Waals surface area contributed by atoms with Gasteiger partial charge >= 0.3 is 5.97 Å². The molecule has 0 saturated heterocycles. The van der Waals surface area contributed by atoms with Crippen molar-refractivity contribution in [2.24, 2.45) is 5.92 Å². The van der Waals surface area contributed by atoms with Crippen LogP contribution in [0.4, 0.5) is 5.69 Å². The van der Waals surface area contributed by atoms with Crippen molar-refractivity contribution in [3.05, 3.63) is 90.6 Å². The molecule has 3 N–H and O–H groups in total. The third kappa shape index (κ3) is 6.13. The summed E-state index contributed by atoms with van der Waals surface area (Å²) in [5.41, 5.74) is 3.10. The van der Waals surface area contributed by atoms with Gasteiger partial charge < -0.3 is 29.6 Å². The molecule has 2 heterocycles. The molecule has 0 bridgehead atoms. The minimum absolute atomic E-state index is 0.0997. The average molecular weight is 526 g/mol. The number of aliphatic hydroxyl groups excluding tert-OH is 1. The van der Waals surface area contributed by atoms with Crippen LogP contribution in [0.2, 0.25) is 0 Å². The van der Waals surface area contributed by atoms with Crippen molar-refractivity contribution in [2.45, 2.75) is 20.0 Å². The SMILES string of the molecule is CC(C)CN(CC(O)COc1cccc2[nH]c3ccccc3c12)c1ccc(Oc2ccc(C(=O)O)cn2)cc1. The van der Waals surface area contributed by atoms with Crippen molar-refractivity contribution >= 4 is 33.5 Å². The van der Waals surface area contributed by atoms with E-state index in [1.165, 1.54) is 18.3 Å². The van der Waals surface area contributed by atoms with E-state index in [2.05, 4.69) is 34.8 Å². The number of carboxylic acid groups (broad SMARTS) is 1. The minimum atomic E-state index is -1.04. The zero-order valence-electron chi connectivity index (χ0n) is 21.9. The minimum Gasteiger partial charge on any atom is -0.490 e. The highest BCUT2D eigenvalue weighted by Gasteiger charge is 2.17. The molecular formula is C31H31N3O5. The van der Waals surface area contributed by atoms with Crippen LogP contribution in [-0.2, 0) is 0 Å². The number of H-pyrrole nitrogens is 1. The third-order valence-electron chi connectivity index (χ3n) is 6.35. The van der Waals surface area contributed by atoms with Gasteiger partial charge in [-0.2, -0.15) is 0 Å². The molecule has 3 aromatic carbocycles. The molecule has 0 aliphatic carbocycles. The molecule has 0 radical (unpaired) electrons. The highest BCUT2D eigenvalue weighted by atomic mass is 16.5. The Balaban J connectivity index is 1.25. The molecule has 0 aliphatic rings. The van der Waals surface area contributed by atoms with Gasteiger partial charge in [-0.3, -0.25) is 0 Å². The largest absolute Gasteiger partial charge is 0.490 e. The molecule has 1 unspecified atom stereocenters. The smallest absolute Gasteiger partial charge is 0.337 e. The Morgan fingerprint density at radius 3 is 2.44 bits per heavy atom. The van der Waals surface area contributed by atoms with Gasteiger partial charge in [0.2, 0.25) is 5.88 Å². The second-order valence-corrected chi connectivity index (χ2v) is 9.90. The number of fused-ring (bicyclic) bond motifs is 3. The van der Waals surface area contributed by atoms with Crippen molar-refractivity contribution in [3.63, 3.8) is 0 Å². The lowest BCUT2D eigenvalue weighted by Gasteiger charge is -2.29. The molecule has 0 spiro atoms. The van der Waals surface area contributed by atoms with Crippen molar-refractivity contribution in [1.82, 2.24) is 9.97 Å². The van der Waals surface area contributed by atoms with Crippen LogP contribution in [0.3, 0.4) is 0 Å². The molecular weight excluding hydrogens is 494 g/mol. The van der Waals surface area contributed by atoms with Gasteiger partial charge in [0.25, 0.3) is 0 Å². The number of pyridine rings is 1. The number of nitrogens with one attached hydrogen (secondary N) is 1. The number of anilines is 1. The zero-order valence-corrected chi connectivity index (χ0v) is 21.9. The number of hydrogen-bond donors (Lipinski definition) is 3. The molecule has 0 fully saturated rings. The van der Waals surface area contributed by atoms with Crippen LogP contribution in [0.15, 0.2) is 85.1 Å². The monoisotopic (exact) mass is 525 g/mol. The highest BCUT2D eigenvalue weighted by molar-refractivity contribution is 6.10. The van der Waals surface area contributed by atoms with Crippen LogP contribution in [0.5, 0.6) is 17.4 Å². The van der Waals surface area contributed by atoms with Gasteiger partial charge in [0.1, 0.15) is 24.2 Å². The van der Waals surface area contributed by atoms with E-state index in [9.17, 15) is 9.90 Å². The number of ether oxygens (including phenoxy) is 2. The predicted molar refractivity (Wildman–Crippen MR) is 152 cm³/mol. The van der Waals surface area contributed by atoms with Gasteiger partial charge in [-0.1, -0.05) is 38.1 Å². The number of aromatic amines is 1. The van der Waals surface area contributed by atoms with Gasteiger partial charge in [-0.05, 0) is 54.4 Å². The van der Waals surface area contributed by atoms with E-state index in [1.54, 1.807) is 0 Å². The lowest BCUT2D eigenvalue weighted by molar-refractivity contribution is 0.0696. The van der Waals surface area contributed by atoms with Gasteiger partial charge in [0.15, 0.2) is 0 Å². The molecule has 8 nitrogen and oxygen atoms in total. The van der Waals surface area contributed by atoms with E-state index < -0.39 is 12.1 Å².